The maximum absolute atomic E-state index is 10.3. The van der Waals surface area contributed by atoms with E-state index in [1.807, 2.05) is 6.07 Å². The lowest BCUT2D eigenvalue weighted by Crippen LogP contribution is -1.82. The van der Waals surface area contributed by atoms with Crippen molar-refractivity contribution in [3.63, 3.8) is 0 Å². The minimum atomic E-state index is 0.188. The van der Waals surface area contributed by atoms with Crippen LogP contribution < -0.4 is 0 Å². The molecule has 0 bridgehead atoms. The number of carbonyl (C=O) groups excluding carboxylic acids is 2. The van der Waals surface area contributed by atoms with Crippen LogP contribution in [0.4, 0.5) is 5.69 Å². The number of aliphatic imine (C=N–C) groups is 1. The Bertz CT molecular complexity index is 426. The first kappa shape index (κ1) is 8.85. The Kier molecular flexibility index (Phi) is 2.69. The molecule has 0 aliphatic rings. The summed E-state index contributed by atoms with van der Waals surface area (Å²) in [6.07, 6.45) is 1.95. The Morgan fingerprint density at radius 2 is 2.23 bits per heavy atom. The Labute approximate surface area is 74.1 Å². The van der Waals surface area contributed by atoms with Gasteiger partial charge < -0.3 is 0 Å². The maximum Gasteiger partial charge on any atom is 0.240 e. The summed E-state index contributed by atoms with van der Waals surface area (Å²) in [4.78, 5) is 23.6. The number of carbonyl (C=O) groups is 1. The van der Waals surface area contributed by atoms with Crippen molar-refractivity contribution < 1.29 is 9.59 Å². The lowest BCUT2D eigenvalue weighted by Gasteiger charge is -1.94. The van der Waals surface area contributed by atoms with E-state index in [-0.39, 0.29) is 11.3 Å². The molecule has 0 unspecified atom stereocenters. The van der Waals surface area contributed by atoms with E-state index in [1.165, 1.54) is 24.3 Å². The third-order valence-corrected chi connectivity index (χ3v) is 1.44. The molecule has 0 fully saturated rings. The summed E-state index contributed by atoms with van der Waals surface area (Å²) >= 11 is 0. The monoisotopic (exact) mass is 172 g/mol. The van der Waals surface area contributed by atoms with E-state index in [1.54, 1.807) is 0 Å². The molecule has 0 saturated carbocycles. The van der Waals surface area contributed by atoms with Gasteiger partial charge in [0.15, 0.2) is 0 Å². The molecule has 0 aliphatic carbocycles. The smallest absolute Gasteiger partial charge is 0.240 e. The quantitative estimate of drug-likeness (QED) is 0.384. The van der Waals surface area contributed by atoms with Crippen LogP contribution in [0.5, 0.6) is 0 Å². The highest BCUT2D eigenvalue weighted by atomic mass is 16.1. The van der Waals surface area contributed by atoms with Gasteiger partial charge in [0.05, 0.1) is 11.3 Å². The van der Waals surface area contributed by atoms with Crippen LogP contribution in [0.3, 0.4) is 0 Å². The third kappa shape index (κ3) is 1.86. The molecule has 0 aromatic heterocycles. The van der Waals surface area contributed by atoms with Crippen molar-refractivity contribution in [3.05, 3.63) is 29.3 Å². The number of hydrogen-bond acceptors (Lipinski definition) is 4. The van der Waals surface area contributed by atoms with Gasteiger partial charge in [-0.2, -0.15) is 10.3 Å². The molecule has 13 heavy (non-hydrogen) atoms. The van der Waals surface area contributed by atoms with Crippen LogP contribution in [0.25, 0.3) is 0 Å². The zero-order chi connectivity index (χ0) is 9.68. The highest BCUT2D eigenvalue weighted by molar-refractivity contribution is 5.77. The van der Waals surface area contributed by atoms with E-state index in [0.717, 1.165) is 0 Å². The van der Waals surface area contributed by atoms with Crippen LogP contribution in [0, 0.1) is 11.3 Å². The minimum absolute atomic E-state index is 0.188. The molecule has 0 aliphatic heterocycles. The van der Waals surface area contributed by atoms with Crippen LogP contribution in [-0.4, -0.2) is 12.4 Å². The fourth-order valence-corrected chi connectivity index (χ4v) is 0.863. The normalized spacial score (nSPS) is 8.23. The van der Waals surface area contributed by atoms with Crippen LogP contribution in [0.15, 0.2) is 23.2 Å². The molecular formula is C9H4N2O2. The predicted octanol–water partition coefficient (Wildman–Crippen LogP) is 1.34. The van der Waals surface area contributed by atoms with Crippen LogP contribution in [0.1, 0.15) is 15.9 Å². The minimum Gasteiger partial charge on any atom is -0.298 e. The second-order valence-corrected chi connectivity index (χ2v) is 2.21. The van der Waals surface area contributed by atoms with Gasteiger partial charge in [-0.3, -0.25) is 4.79 Å². The van der Waals surface area contributed by atoms with Crippen molar-refractivity contribution in [1.82, 2.24) is 0 Å². The second-order valence-electron chi connectivity index (χ2n) is 2.21. The molecule has 1 rings (SSSR count). The molecule has 0 spiro atoms. The summed E-state index contributed by atoms with van der Waals surface area (Å²) in [5.41, 5.74) is 0.789. The predicted molar refractivity (Wildman–Crippen MR) is 44.3 cm³/mol. The zero-order valence-corrected chi connectivity index (χ0v) is 6.52. The average molecular weight is 172 g/mol. The highest BCUT2D eigenvalue weighted by Gasteiger charge is 2.01. The Morgan fingerprint density at radius 1 is 1.46 bits per heavy atom. The first-order valence-corrected chi connectivity index (χ1v) is 3.39. The molecule has 1 aromatic carbocycles. The van der Waals surface area contributed by atoms with E-state index in [2.05, 4.69) is 4.99 Å². The number of hydrogen-bond donors (Lipinski definition) is 0. The Morgan fingerprint density at radius 3 is 2.77 bits per heavy atom. The molecule has 0 amide bonds. The van der Waals surface area contributed by atoms with Gasteiger partial charge in [0.1, 0.15) is 12.4 Å². The molecule has 0 radical (unpaired) electrons. The van der Waals surface area contributed by atoms with E-state index >= 15 is 0 Å². The van der Waals surface area contributed by atoms with Crippen LogP contribution in [-0.2, 0) is 4.79 Å². The molecular weight excluding hydrogens is 168 g/mol. The first-order chi connectivity index (χ1) is 6.31. The van der Waals surface area contributed by atoms with E-state index < -0.39 is 0 Å². The van der Waals surface area contributed by atoms with Crippen molar-refractivity contribution >= 4 is 18.1 Å². The molecule has 1 aromatic rings. The number of nitriles is 1. The van der Waals surface area contributed by atoms with Crippen LogP contribution in [0.2, 0.25) is 0 Å². The van der Waals surface area contributed by atoms with Gasteiger partial charge in [0.2, 0.25) is 6.08 Å². The van der Waals surface area contributed by atoms with Gasteiger partial charge in [-0.25, -0.2) is 4.79 Å². The summed E-state index contributed by atoms with van der Waals surface area (Å²) in [7, 11) is 0. The van der Waals surface area contributed by atoms with E-state index in [4.69, 9.17) is 5.26 Å². The van der Waals surface area contributed by atoms with Gasteiger partial charge in [-0.15, -0.1) is 0 Å². The summed E-state index contributed by atoms with van der Waals surface area (Å²) in [5.74, 6) is 0. The molecule has 0 heterocycles. The van der Waals surface area contributed by atoms with Gasteiger partial charge in [-0.05, 0) is 18.2 Å². The number of isocyanates is 1. The van der Waals surface area contributed by atoms with Crippen molar-refractivity contribution in [2.45, 2.75) is 0 Å². The lowest BCUT2D eigenvalue weighted by molar-refractivity contribution is 0.112. The molecule has 0 saturated heterocycles. The largest absolute Gasteiger partial charge is 0.298 e. The SMILES string of the molecule is N#Cc1cc(C=O)ccc1N=C=O. The summed E-state index contributed by atoms with van der Waals surface area (Å²) in [6.45, 7) is 0. The van der Waals surface area contributed by atoms with Crippen molar-refractivity contribution in [1.29, 1.82) is 5.26 Å². The molecule has 4 nitrogen and oxygen atoms in total. The summed E-state index contributed by atoms with van der Waals surface area (Å²) in [5, 5.41) is 8.61. The lowest BCUT2D eigenvalue weighted by atomic mass is 10.1. The number of nitrogens with zero attached hydrogens (tertiary/aromatic N) is 2. The van der Waals surface area contributed by atoms with Crippen LogP contribution >= 0.6 is 0 Å². The fourth-order valence-electron chi connectivity index (χ4n) is 0.863. The van der Waals surface area contributed by atoms with Crippen molar-refractivity contribution in [3.8, 4) is 6.07 Å². The van der Waals surface area contributed by atoms with Crippen molar-refractivity contribution in [2.24, 2.45) is 4.99 Å². The topological polar surface area (TPSA) is 70.3 Å². The number of aldehydes is 1. The second kappa shape index (κ2) is 3.96. The third-order valence-electron chi connectivity index (χ3n) is 1.44. The molecule has 62 valence electrons. The summed E-state index contributed by atoms with van der Waals surface area (Å²) < 4.78 is 0. The first-order valence-electron chi connectivity index (χ1n) is 3.39. The Hall–Kier alpha value is -2.24. The molecule has 0 N–H and O–H groups in total. The van der Waals surface area contributed by atoms with E-state index in [0.29, 0.717) is 11.8 Å². The maximum atomic E-state index is 10.3. The number of rotatable bonds is 2. The number of benzene rings is 1. The van der Waals surface area contributed by atoms with Gasteiger partial charge in [0, 0.05) is 5.56 Å². The highest BCUT2D eigenvalue weighted by Crippen LogP contribution is 2.18. The van der Waals surface area contributed by atoms with E-state index in [9.17, 15) is 9.59 Å². The average Bonchev–Trinajstić information content (AvgIpc) is 2.19. The molecule has 4 heteroatoms. The Balaban J connectivity index is 3.33. The fraction of sp³-hybridized carbons (Fsp3) is 0. The molecule has 0 atom stereocenters. The standard InChI is InChI=1S/C9H4N2O2/c10-4-8-3-7(5-12)1-2-9(8)11-6-13/h1-3,5H. The van der Waals surface area contributed by atoms with Crippen molar-refractivity contribution in [2.75, 3.05) is 0 Å². The summed E-state index contributed by atoms with van der Waals surface area (Å²) in [6, 6.07) is 6.09. The van der Waals surface area contributed by atoms with Gasteiger partial charge >= 0.3 is 0 Å². The van der Waals surface area contributed by atoms with Gasteiger partial charge in [0.25, 0.3) is 0 Å². The zero-order valence-electron chi connectivity index (χ0n) is 6.52. The van der Waals surface area contributed by atoms with Gasteiger partial charge in [-0.1, -0.05) is 0 Å².